The van der Waals surface area contributed by atoms with E-state index in [2.05, 4.69) is 43.4 Å². The number of para-hydroxylation sites is 1. The minimum absolute atomic E-state index is 0.297. The SMILES string of the molecule is COc1ccccc1[C@@H](O)CNC(C)Cc1ccccc1C. The third-order valence-electron chi connectivity index (χ3n) is 3.94. The van der Waals surface area contributed by atoms with Gasteiger partial charge in [-0.3, -0.25) is 0 Å². The molecule has 118 valence electrons. The van der Waals surface area contributed by atoms with Gasteiger partial charge in [0.15, 0.2) is 0 Å². The highest BCUT2D eigenvalue weighted by atomic mass is 16.5. The molecule has 2 aromatic rings. The maximum Gasteiger partial charge on any atom is 0.124 e. The largest absolute Gasteiger partial charge is 0.496 e. The Bertz CT molecular complexity index is 597. The molecule has 1 unspecified atom stereocenters. The van der Waals surface area contributed by atoms with E-state index in [1.807, 2.05) is 24.3 Å². The zero-order chi connectivity index (χ0) is 15.9. The lowest BCUT2D eigenvalue weighted by atomic mass is 10.0. The Morgan fingerprint density at radius 1 is 1.09 bits per heavy atom. The van der Waals surface area contributed by atoms with Crippen molar-refractivity contribution in [3.05, 3.63) is 65.2 Å². The summed E-state index contributed by atoms with van der Waals surface area (Å²) >= 11 is 0. The first-order valence-electron chi connectivity index (χ1n) is 7.70. The fourth-order valence-corrected chi connectivity index (χ4v) is 2.61. The fraction of sp³-hybridized carbons (Fsp3) is 0.368. The molecule has 0 spiro atoms. The van der Waals surface area contributed by atoms with E-state index in [4.69, 9.17) is 4.74 Å². The first-order valence-corrected chi connectivity index (χ1v) is 7.70. The van der Waals surface area contributed by atoms with E-state index in [9.17, 15) is 5.11 Å². The molecule has 22 heavy (non-hydrogen) atoms. The molecule has 0 radical (unpaired) electrons. The van der Waals surface area contributed by atoms with Crippen LogP contribution in [0, 0.1) is 6.92 Å². The van der Waals surface area contributed by atoms with Gasteiger partial charge in [-0.05, 0) is 37.5 Å². The highest BCUT2D eigenvalue weighted by Gasteiger charge is 2.14. The number of hydrogen-bond acceptors (Lipinski definition) is 3. The molecule has 0 aliphatic rings. The summed E-state index contributed by atoms with van der Waals surface area (Å²) in [4.78, 5) is 0. The van der Waals surface area contributed by atoms with E-state index in [0.29, 0.717) is 12.6 Å². The van der Waals surface area contributed by atoms with Gasteiger partial charge in [-0.15, -0.1) is 0 Å². The standard InChI is InChI=1S/C19H25NO2/c1-14-8-4-5-9-16(14)12-15(2)20-13-18(21)17-10-6-7-11-19(17)22-3/h4-11,15,18,20-21H,12-13H2,1-3H3/t15?,18-/m0/s1. The van der Waals surface area contributed by atoms with E-state index in [1.54, 1.807) is 7.11 Å². The summed E-state index contributed by atoms with van der Waals surface area (Å²) in [5, 5.41) is 13.8. The molecule has 0 amide bonds. The summed E-state index contributed by atoms with van der Waals surface area (Å²) in [7, 11) is 1.62. The number of aliphatic hydroxyl groups is 1. The lowest BCUT2D eigenvalue weighted by Crippen LogP contribution is -2.32. The Morgan fingerprint density at radius 3 is 2.50 bits per heavy atom. The van der Waals surface area contributed by atoms with Crippen molar-refractivity contribution in [3.8, 4) is 5.75 Å². The Kier molecular flexibility index (Phi) is 5.99. The van der Waals surface area contributed by atoms with Gasteiger partial charge in [-0.1, -0.05) is 42.5 Å². The molecule has 2 atom stereocenters. The highest BCUT2D eigenvalue weighted by molar-refractivity contribution is 5.35. The molecule has 0 heterocycles. The van der Waals surface area contributed by atoms with Crippen LogP contribution in [-0.2, 0) is 6.42 Å². The molecule has 3 heteroatoms. The monoisotopic (exact) mass is 299 g/mol. The molecule has 0 aromatic heterocycles. The van der Waals surface area contributed by atoms with Crippen molar-refractivity contribution in [2.45, 2.75) is 32.4 Å². The third-order valence-corrected chi connectivity index (χ3v) is 3.94. The topological polar surface area (TPSA) is 41.5 Å². The van der Waals surface area contributed by atoms with Crippen LogP contribution in [0.15, 0.2) is 48.5 Å². The van der Waals surface area contributed by atoms with Crippen LogP contribution >= 0.6 is 0 Å². The van der Waals surface area contributed by atoms with Crippen molar-refractivity contribution in [2.24, 2.45) is 0 Å². The highest BCUT2D eigenvalue weighted by Crippen LogP contribution is 2.24. The van der Waals surface area contributed by atoms with Crippen molar-refractivity contribution in [2.75, 3.05) is 13.7 Å². The number of benzene rings is 2. The van der Waals surface area contributed by atoms with Crippen molar-refractivity contribution in [1.82, 2.24) is 5.32 Å². The average molecular weight is 299 g/mol. The number of rotatable bonds is 7. The first-order chi connectivity index (χ1) is 10.6. The van der Waals surface area contributed by atoms with Crippen molar-refractivity contribution >= 4 is 0 Å². The predicted octanol–water partition coefficient (Wildman–Crippen LogP) is 3.26. The molecular formula is C19H25NO2. The van der Waals surface area contributed by atoms with E-state index in [-0.39, 0.29) is 0 Å². The minimum atomic E-state index is -0.574. The maximum atomic E-state index is 10.4. The van der Waals surface area contributed by atoms with Gasteiger partial charge in [0, 0.05) is 18.2 Å². The number of hydrogen-bond donors (Lipinski definition) is 2. The summed E-state index contributed by atoms with van der Waals surface area (Å²) in [6.07, 6.45) is 0.376. The molecule has 0 aliphatic heterocycles. The van der Waals surface area contributed by atoms with E-state index in [1.165, 1.54) is 11.1 Å². The molecule has 0 saturated carbocycles. The summed E-state index contributed by atoms with van der Waals surface area (Å²) in [5.74, 6) is 0.725. The molecule has 2 N–H and O–H groups in total. The normalized spacial score (nSPS) is 13.6. The average Bonchev–Trinajstić information content (AvgIpc) is 2.54. The lowest BCUT2D eigenvalue weighted by Gasteiger charge is -2.19. The summed E-state index contributed by atoms with van der Waals surface area (Å²) in [6, 6.07) is 16.3. The van der Waals surface area contributed by atoms with Gasteiger partial charge < -0.3 is 15.2 Å². The molecule has 2 rings (SSSR count). The molecular weight excluding hydrogens is 274 g/mol. The van der Waals surface area contributed by atoms with Gasteiger partial charge >= 0.3 is 0 Å². The van der Waals surface area contributed by atoms with Crippen LogP contribution in [0.3, 0.4) is 0 Å². The Morgan fingerprint density at radius 2 is 1.77 bits per heavy atom. The number of aryl methyl sites for hydroxylation is 1. The molecule has 2 aromatic carbocycles. The van der Waals surface area contributed by atoms with Gasteiger partial charge in [-0.2, -0.15) is 0 Å². The molecule has 3 nitrogen and oxygen atoms in total. The van der Waals surface area contributed by atoms with Crippen molar-refractivity contribution in [1.29, 1.82) is 0 Å². The minimum Gasteiger partial charge on any atom is -0.496 e. The second-order valence-electron chi connectivity index (χ2n) is 5.70. The smallest absolute Gasteiger partial charge is 0.124 e. The molecule has 0 bridgehead atoms. The van der Waals surface area contributed by atoms with Crippen LogP contribution in [0.1, 0.15) is 29.7 Å². The Hall–Kier alpha value is -1.84. The van der Waals surface area contributed by atoms with Crippen molar-refractivity contribution < 1.29 is 9.84 Å². The third kappa shape index (κ3) is 4.33. The van der Waals surface area contributed by atoms with Crippen molar-refractivity contribution in [3.63, 3.8) is 0 Å². The quantitative estimate of drug-likeness (QED) is 0.824. The Balaban J connectivity index is 1.90. The maximum absolute atomic E-state index is 10.4. The lowest BCUT2D eigenvalue weighted by molar-refractivity contribution is 0.166. The number of ether oxygens (including phenoxy) is 1. The zero-order valence-corrected chi connectivity index (χ0v) is 13.5. The molecule has 0 aliphatic carbocycles. The second kappa shape index (κ2) is 7.97. The molecule has 0 saturated heterocycles. The number of methoxy groups -OCH3 is 1. The van der Waals surface area contributed by atoms with Gasteiger partial charge in [0.1, 0.15) is 5.75 Å². The number of nitrogens with one attached hydrogen (secondary N) is 1. The fourth-order valence-electron chi connectivity index (χ4n) is 2.61. The second-order valence-corrected chi connectivity index (χ2v) is 5.70. The van der Waals surface area contributed by atoms with E-state index >= 15 is 0 Å². The predicted molar refractivity (Wildman–Crippen MR) is 90.3 cm³/mol. The van der Waals surface area contributed by atoms with Gasteiger partial charge in [0.2, 0.25) is 0 Å². The van der Waals surface area contributed by atoms with Gasteiger partial charge in [0.25, 0.3) is 0 Å². The van der Waals surface area contributed by atoms with Crippen LogP contribution in [0.5, 0.6) is 5.75 Å². The van der Waals surface area contributed by atoms with E-state index < -0.39 is 6.10 Å². The Labute approximate surface area is 133 Å². The van der Waals surface area contributed by atoms with Gasteiger partial charge in [-0.25, -0.2) is 0 Å². The van der Waals surface area contributed by atoms with Crippen LogP contribution in [-0.4, -0.2) is 24.8 Å². The van der Waals surface area contributed by atoms with Crippen LogP contribution in [0.25, 0.3) is 0 Å². The van der Waals surface area contributed by atoms with E-state index in [0.717, 1.165) is 17.7 Å². The van der Waals surface area contributed by atoms with Gasteiger partial charge in [0.05, 0.1) is 13.2 Å². The zero-order valence-electron chi connectivity index (χ0n) is 13.5. The number of aliphatic hydroxyl groups excluding tert-OH is 1. The summed E-state index contributed by atoms with van der Waals surface area (Å²) in [6.45, 7) is 4.78. The van der Waals surface area contributed by atoms with Crippen LogP contribution in [0.2, 0.25) is 0 Å². The molecule has 0 fully saturated rings. The van der Waals surface area contributed by atoms with Crippen LogP contribution in [0.4, 0.5) is 0 Å². The summed E-state index contributed by atoms with van der Waals surface area (Å²) < 4.78 is 5.30. The van der Waals surface area contributed by atoms with Crippen LogP contribution < -0.4 is 10.1 Å². The summed E-state index contributed by atoms with van der Waals surface area (Å²) in [5.41, 5.74) is 3.47. The first kappa shape index (κ1) is 16.5.